The number of nitrogens with one attached hydrogen (secondary N) is 1. The lowest BCUT2D eigenvalue weighted by Crippen LogP contribution is -2.03. The van der Waals surface area contributed by atoms with Crippen LogP contribution in [0.2, 0.25) is 0 Å². The summed E-state index contributed by atoms with van der Waals surface area (Å²) in [4.78, 5) is 10.7. The summed E-state index contributed by atoms with van der Waals surface area (Å²) in [6, 6.07) is 4.47. The minimum atomic E-state index is -0.387. The quantitative estimate of drug-likeness (QED) is 0.534. The molecule has 0 heterocycles. The molecule has 70 valence electrons. The molecule has 0 saturated heterocycles. The molecule has 0 fully saturated rings. The number of hydrogen-bond acceptors (Lipinski definition) is 4. The number of phenols is 1. The molecule has 4 nitrogen and oxygen atoms in total. The van der Waals surface area contributed by atoms with Crippen molar-refractivity contribution in [2.75, 3.05) is 12.4 Å². The molecule has 0 unspecified atom stereocenters. The van der Waals surface area contributed by atoms with Gasteiger partial charge in [-0.3, -0.25) is 4.79 Å². The van der Waals surface area contributed by atoms with Crippen molar-refractivity contribution in [3.63, 3.8) is 0 Å². The van der Waals surface area contributed by atoms with E-state index >= 15 is 0 Å². The molecule has 13 heavy (non-hydrogen) atoms. The summed E-state index contributed by atoms with van der Waals surface area (Å²) in [6.07, 6.45) is 0. The van der Waals surface area contributed by atoms with Gasteiger partial charge >= 0.3 is 5.97 Å². The van der Waals surface area contributed by atoms with E-state index in [0.29, 0.717) is 11.4 Å². The van der Waals surface area contributed by atoms with E-state index in [2.05, 4.69) is 5.32 Å². The van der Waals surface area contributed by atoms with Gasteiger partial charge in [0, 0.05) is 20.0 Å². The predicted octanol–water partition coefficient (Wildman–Crippen LogP) is 1.36. The second-order valence-corrected chi connectivity index (χ2v) is 2.52. The van der Waals surface area contributed by atoms with Crippen LogP contribution in [0.25, 0.3) is 0 Å². The van der Waals surface area contributed by atoms with E-state index in [-0.39, 0.29) is 11.7 Å². The summed E-state index contributed by atoms with van der Waals surface area (Å²) in [5.74, 6) is 0.148. The summed E-state index contributed by atoms with van der Waals surface area (Å²) < 4.78 is 4.88. The monoisotopic (exact) mass is 181 g/mol. The zero-order chi connectivity index (χ0) is 9.84. The van der Waals surface area contributed by atoms with Crippen LogP contribution < -0.4 is 10.1 Å². The Kier molecular flexibility index (Phi) is 2.74. The number of phenolic OH excluding ortho intramolecular Hbond substituents is 1. The standard InChI is InChI=1S/C9H11NO3/c1-6(11)13-9-4-3-7(12)5-8(9)10-2/h3-5,10,12H,1-2H3. The van der Waals surface area contributed by atoms with Crippen LogP contribution in [0.15, 0.2) is 18.2 Å². The first-order valence-corrected chi connectivity index (χ1v) is 3.82. The number of aromatic hydroxyl groups is 1. The maximum atomic E-state index is 10.7. The Morgan fingerprint density at radius 3 is 2.77 bits per heavy atom. The number of anilines is 1. The third-order valence-electron chi connectivity index (χ3n) is 1.49. The van der Waals surface area contributed by atoms with Crippen LogP contribution in [-0.2, 0) is 4.79 Å². The molecular weight excluding hydrogens is 170 g/mol. The highest BCUT2D eigenvalue weighted by Crippen LogP contribution is 2.27. The summed E-state index contributed by atoms with van der Waals surface area (Å²) in [5.41, 5.74) is 0.579. The fourth-order valence-corrected chi connectivity index (χ4v) is 0.957. The van der Waals surface area contributed by atoms with Gasteiger partial charge in [-0.15, -0.1) is 0 Å². The van der Waals surface area contributed by atoms with Gasteiger partial charge in [0.25, 0.3) is 0 Å². The lowest BCUT2D eigenvalue weighted by Gasteiger charge is -2.07. The molecule has 0 aliphatic carbocycles. The summed E-state index contributed by atoms with van der Waals surface area (Å²) in [6.45, 7) is 1.33. The van der Waals surface area contributed by atoms with Crippen molar-refractivity contribution < 1.29 is 14.6 Å². The molecule has 0 atom stereocenters. The smallest absolute Gasteiger partial charge is 0.308 e. The van der Waals surface area contributed by atoms with Gasteiger partial charge in [0.2, 0.25) is 0 Å². The fraction of sp³-hybridized carbons (Fsp3) is 0.222. The topological polar surface area (TPSA) is 58.6 Å². The second-order valence-electron chi connectivity index (χ2n) is 2.52. The first-order chi connectivity index (χ1) is 6.13. The predicted molar refractivity (Wildman–Crippen MR) is 49.0 cm³/mol. The highest BCUT2D eigenvalue weighted by molar-refractivity contribution is 5.73. The Hall–Kier alpha value is -1.71. The minimum absolute atomic E-state index is 0.125. The Morgan fingerprint density at radius 2 is 2.23 bits per heavy atom. The fourth-order valence-electron chi connectivity index (χ4n) is 0.957. The van der Waals surface area contributed by atoms with Gasteiger partial charge in [0.05, 0.1) is 5.69 Å². The van der Waals surface area contributed by atoms with Crippen LogP contribution in [0.4, 0.5) is 5.69 Å². The molecular formula is C9H11NO3. The Labute approximate surface area is 76.1 Å². The molecule has 0 saturated carbocycles. The number of carbonyl (C=O) groups excluding carboxylic acids is 1. The summed E-state index contributed by atoms with van der Waals surface area (Å²) in [5, 5.41) is 11.9. The molecule has 0 aliphatic heterocycles. The average Bonchev–Trinajstić information content (AvgIpc) is 2.07. The zero-order valence-corrected chi connectivity index (χ0v) is 7.50. The molecule has 0 aromatic heterocycles. The van der Waals surface area contributed by atoms with Crippen molar-refractivity contribution in [2.24, 2.45) is 0 Å². The van der Waals surface area contributed by atoms with Gasteiger partial charge < -0.3 is 15.2 Å². The van der Waals surface area contributed by atoms with E-state index in [1.165, 1.54) is 25.1 Å². The van der Waals surface area contributed by atoms with E-state index in [1.54, 1.807) is 7.05 Å². The first-order valence-electron chi connectivity index (χ1n) is 3.82. The van der Waals surface area contributed by atoms with Crippen LogP contribution in [0.5, 0.6) is 11.5 Å². The number of ether oxygens (including phenoxy) is 1. The number of benzene rings is 1. The van der Waals surface area contributed by atoms with Gasteiger partial charge in [0.15, 0.2) is 5.75 Å². The average molecular weight is 181 g/mol. The highest BCUT2D eigenvalue weighted by atomic mass is 16.5. The van der Waals surface area contributed by atoms with Crippen molar-refractivity contribution in [1.29, 1.82) is 0 Å². The third-order valence-corrected chi connectivity index (χ3v) is 1.49. The van der Waals surface area contributed by atoms with Crippen LogP contribution in [0, 0.1) is 0 Å². The van der Waals surface area contributed by atoms with Crippen molar-refractivity contribution >= 4 is 11.7 Å². The molecule has 2 N–H and O–H groups in total. The lowest BCUT2D eigenvalue weighted by molar-refractivity contribution is -0.131. The van der Waals surface area contributed by atoms with Gasteiger partial charge in [-0.05, 0) is 12.1 Å². The van der Waals surface area contributed by atoms with E-state index in [0.717, 1.165) is 0 Å². The minimum Gasteiger partial charge on any atom is -0.508 e. The van der Waals surface area contributed by atoms with Crippen LogP contribution in [0.1, 0.15) is 6.92 Å². The van der Waals surface area contributed by atoms with Crippen molar-refractivity contribution in [1.82, 2.24) is 0 Å². The van der Waals surface area contributed by atoms with Crippen LogP contribution in [0.3, 0.4) is 0 Å². The summed E-state index contributed by atoms with van der Waals surface area (Å²) in [7, 11) is 1.68. The second kappa shape index (κ2) is 3.80. The Bertz CT molecular complexity index is 323. The molecule has 1 aromatic carbocycles. The largest absolute Gasteiger partial charge is 0.508 e. The van der Waals surface area contributed by atoms with E-state index in [9.17, 15) is 4.79 Å². The molecule has 4 heteroatoms. The SMILES string of the molecule is CNc1cc(O)ccc1OC(C)=O. The maximum absolute atomic E-state index is 10.7. The van der Waals surface area contributed by atoms with Crippen molar-refractivity contribution in [3.05, 3.63) is 18.2 Å². The zero-order valence-electron chi connectivity index (χ0n) is 7.50. The molecule has 0 aliphatic rings. The molecule has 0 spiro atoms. The van der Waals surface area contributed by atoms with Crippen molar-refractivity contribution in [2.45, 2.75) is 6.92 Å². The van der Waals surface area contributed by atoms with Gasteiger partial charge in [-0.25, -0.2) is 0 Å². The van der Waals surface area contributed by atoms with E-state index in [1.807, 2.05) is 0 Å². The Balaban J connectivity index is 2.99. The molecule has 1 rings (SSSR count). The number of carbonyl (C=O) groups is 1. The van der Waals surface area contributed by atoms with Crippen LogP contribution >= 0.6 is 0 Å². The molecule has 0 amide bonds. The molecule has 1 aromatic rings. The highest BCUT2D eigenvalue weighted by Gasteiger charge is 2.04. The van der Waals surface area contributed by atoms with Crippen molar-refractivity contribution in [3.8, 4) is 11.5 Å². The molecule has 0 bridgehead atoms. The van der Waals surface area contributed by atoms with Crippen LogP contribution in [-0.4, -0.2) is 18.1 Å². The number of esters is 1. The van der Waals surface area contributed by atoms with E-state index in [4.69, 9.17) is 9.84 Å². The lowest BCUT2D eigenvalue weighted by atomic mass is 10.3. The van der Waals surface area contributed by atoms with E-state index < -0.39 is 0 Å². The third kappa shape index (κ3) is 2.37. The van der Waals surface area contributed by atoms with Gasteiger partial charge in [-0.2, -0.15) is 0 Å². The Morgan fingerprint density at radius 1 is 1.54 bits per heavy atom. The normalized spacial score (nSPS) is 9.38. The maximum Gasteiger partial charge on any atom is 0.308 e. The van der Waals surface area contributed by atoms with Gasteiger partial charge in [-0.1, -0.05) is 0 Å². The van der Waals surface area contributed by atoms with Gasteiger partial charge in [0.1, 0.15) is 5.75 Å². The first kappa shape index (κ1) is 9.38. The summed E-state index contributed by atoms with van der Waals surface area (Å²) >= 11 is 0. The number of rotatable bonds is 2. The number of hydrogen-bond donors (Lipinski definition) is 2. The molecule has 0 radical (unpaired) electrons.